The number of nitrogens with two attached hydrogens (primary N) is 1. The predicted octanol–water partition coefficient (Wildman–Crippen LogP) is 1.60. The maximum atomic E-state index is 12.1. The van der Waals surface area contributed by atoms with Crippen LogP contribution < -0.4 is 5.73 Å². The fraction of sp³-hybridized carbons (Fsp3) is 0.613. The molecule has 44 heavy (non-hydrogen) atoms. The van der Waals surface area contributed by atoms with Crippen molar-refractivity contribution in [2.24, 2.45) is 29.4 Å². The summed E-state index contributed by atoms with van der Waals surface area (Å²) in [6.07, 6.45) is 12.1. The molecular weight excluding hydrogens is 572 g/mol. The number of nitrogens with zero attached hydrogens (tertiary/aromatic N) is 3. The van der Waals surface area contributed by atoms with E-state index in [0.29, 0.717) is 62.0 Å². The van der Waals surface area contributed by atoms with Gasteiger partial charge >= 0.3 is 5.97 Å². The van der Waals surface area contributed by atoms with Crippen molar-refractivity contribution in [1.29, 1.82) is 0 Å². The Bertz CT molecular complexity index is 1160. The number of ketones is 1. The molecule has 2 aliphatic carbocycles. The van der Waals surface area contributed by atoms with E-state index in [0.717, 1.165) is 25.7 Å². The van der Waals surface area contributed by atoms with E-state index in [1.165, 1.54) is 41.2 Å². The van der Waals surface area contributed by atoms with Gasteiger partial charge in [0, 0.05) is 62.6 Å². The van der Waals surface area contributed by atoms with Crippen LogP contribution in [0.25, 0.3) is 0 Å². The molecule has 0 atom stereocenters. The molecule has 0 radical (unpaired) electrons. The van der Waals surface area contributed by atoms with Crippen molar-refractivity contribution in [3.8, 4) is 0 Å². The molecule has 1 saturated heterocycles. The Morgan fingerprint density at radius 3 is 1.39 bits per heavy atom. The molecule has 3 aliphatic heterocycles. The summed E-state index contributed by atoms with van der Waals surface area (Å²) in [7, 11) is 1.50. The number of hydrogen-bond donors (Lipinski definition) is 1. The fourth-order valence-electron chi connectivity index (χ4n) is 6.10. The van der Waals surface area contributed by atoms with Gasteiger partial charge in [-0.15, -0.1) is 5.06 Å². The lowest BCUT2D eigenvalue weighted by atomic mass is 9.79. The smallest absolute Gasteiger partial charge is 0.333 e. The van der Waals surface area contributed by atoms with Gasteiger partial charge < -0.3 is 10.6 Å². The Balaban J connectivity index is 0.000000236. The highest BCUT2D eigenvalue weighted by Crippen LogP contribution is 2.32. The first-order valence-electron chi connectivity index (χ1n) is 15.3. The summed E-state index contributed by atoms with van der Waals surface area (Å²) in [5.41, 5.74) is 4.50. The van der Waals surface area contributed by atoms with Crippen molar-refractivity contribution in [3.05, 3.63) is 24.3 Å². The molecule has 3 fully saturated rings. The van der Waals surface area contributed by atoms with Gasteiger partial charge in [-0.25, -0.2) is 4.79 Å². The third kappa shape index (κ3) is 8.77. The Morgan fingerprint density at radius 1 is 0.659 bits per heavy atom. The summed E-state index contributed by atoms with van der Waals surface area (Å²) in [5.74, 6) is -1.84. The van der Waals surface area contributed by atoms with Gasteiger partial charge in [-0.3, -0.25) is 43.4 Å². The Hall–Kier alpha value is -4.00. The van der Waals surface area contributed by atoms with Gasteiger partial charge in [0.25, 0.3) is 35.4 Å². The average molecular weight is 615 g/mol. The first kappa shape index (κ1) is 34.5. The summed E-state index contributed by atoms with van der Waals surface area (Å²) < 4.78 is 0. The molecule has 0 unspecified atom stereocenters. The van der Waals surface area contributed by atoms with Gasteiger partial charge in [-0.05, 0) is 70.3 Å². The number of hydroxylamine groups is 2. The molecule has 2 N–H and O–H groups in total. The van der Waals surface area contributed by atoms with Gasteiger partial charge in [0.1, 0.15) is 5.78 Å². The first-order valence-corrected chi connectivity index (χ1v) is 15.3. The zero-order valence-electron chi connectivity index (χ0n) is 25.4. The topological polar surface area (TPSA) is 182 Å². The monoisotopic (exact) mass is 614 g/mol. The van der Waals surface area contributed by atoms with Crippen LogP contribution in [0.1, 0.15) is 77.6 Å². The molecule has 3 heterocycles. The molecule has 13 nitrogen and oxygen atoms in total. The molecule has 5 rings (SSSR count). The SMILES string of the molecule is CCC(=O)C1CCC(CN2C(=O)C=CC2=O)CC1.CN.O=C(ON1C(=O)CCC1=O)C1CCC(CN2C(=O)C=CC2=O)CC1. The van der Waals surface area contributed by atoms with Gasteiger partial charge in [-0.2, -0.15) is 0 Å². The standard InChI is InChI=1S/C16H18N2O6.C14H19NO3.CH5N/c19-12-5-6-13(20)17(12)9-10-1-3-11(4-2-10)16(23)24-18-14(21)7-8-15(18)22;1-2-12(16)11-5-3-10(4-6-11)9-15-13(17)7-8-14(15)18;1-2/h5-6,10-11H,1-4,7-9H2;7-8,10-11H,2-6,9H2,1H3;2H2,1H3. The van der Waals surface area contributed by atoms with Crippen molar-refractivity contribution >= 4 is 47.2 Å². The molecule has 0 aromatic heterocycles. The molecule has 5 aliphatic rings. The van der Waals surface area contributed by atoms with Gasteiger partial charge in [-0.1, -0.05) is 6.92 Å². The fourth-order valence-corrected chi connectivity index (χ4v) is 6.10. The van der Waals surface area contributed by atoms with E-state index in [-0.39, 0.29) is 54.2 Å². The van der Waals surface area contributed by atoms with Crippen molar-refractivity contribution in [2.75, 3.05) is 20.1 Å². The third-order valence-corrected chi connectivity index (χ3v) is 8.70. The van der Waals surface area contributed by atoms with Crippen LogP contribution in [0.5, 0.6) is 0 Å². The maximum Gasteiger partial charge on any atom is 0.336 e. The molecule has 6 amide bonds. The first-order chi connectivity index (χ1) is 21.1. The molecule has 2 saturated carbocycles. The summed E-state index contributed by atoms with van der Waals surface area (Å²) in [4.78, 5) is 100. The molecule has 0 aromatic carbocycles. The number of imide groups is 3. The summed E-state index contributed by atoms with van der Waals surface area (Å²) >= 11 is 0. The third-order valence-electron chi connectivity index (χ3n) is 8.70. The number of carbonyl (C=O) groups excluding carboxylic acids is 8. The highest BCUT2D eigenvalue weighted by Gasteiger charge is 2.37. The highest BCUT2D eigenvalue weighted by atomic mass is 16.7. The quantitative estimate of drug-likeness (QED) is 0.394. The van der Waals surface area contributed by atoms with Crippen molar-refractivity contribution in [2.45, 2.75) is 77.6 Å². The second-order valence-electron chi connectivity index (χ2n) is 11.5. The van der Waals surface area contributed by atoms with Crippen LogP contribution in [0.3, 0.4) is 0 Å². The second-order valence-corrected chi connectivity index (χ2v) is 11.5. The average Bonchev–Trinajstić information content (AvgIpc) is 3.65. The van der Waals surface area contributed by atoms with Crippen LogP contribution in [0.4, 0.5) is 0 Å². The minimum Gasteiger partial charge on any atom is -0.333 e. The van der Waals surface area contributed by atoms with E-state index < -0.39 is 17.8 Å². The number of rotatable bonds is 8. The summed E-state index contributed by atoms with van der Waals surface area (Å²) in [6, 6.07) is 0. The molecule has 13 heteroatoms. The zero-order chi connectivity index (χ0) is 32.4. The maximum absolute atomic E-state index is 12.1. The van der Waals surface area contributed by atoms with E-state index in [9.17, 15) is 38.4 Å². The van der Waals surface area contributed by atoms with Crippen LogP contribution in [0, 0.1) is 23.7 Å². The van der Waals surface area contributed by atoms with Gasteiger partial charge in [0.2, 0.25) is 0 Å². The lowest BCUT2D eigenvalue weighted by Gasteiger charge is -2.29. The largest absolute Gasteiger partial charge is 0.336 e. The summed E-state index contributed by atoms with van der Waals surface area (Å²) in [6.45, 7) is 2.77. The number of amides is 6. The van der Waals surface area contributed by atoms with Crippen LogP contribution in [-0.2, 0) is 43.2 Å². The van der Waals surface area contributed by atoms with Gasteiger partial charge in [0.05, 0.1) is 5.92 Å². The van der Waals surface area contributed by atoms with Crippen molar-refractivity contribution in [3.63, 3.8) is 0 Å². The Labute approximate surface area is 256 Å². The predicted molar refractivity (Wildman–Crippen MR) is 155 cm³/mol. The highest BCUT2D eigenvalue weighted by molar-refractivity contribution is 6.13. The van der Waals surface area contributed by atoms with E-state index in [1.807, 2.05) is 6.92 Å². The molecule has 0 bridgehead atoms. The zero-order valence-corrected chi connectivity index (χ0v) is 25.4. The minimum absolute atomic E-state index is 0.0742. The minimum atomic E-state index is -0.563. The Kier molecular flexibility index (Phi) is 12.7. The van der Waals surface area contributed by atoms with Crippen LogP contribution in [0.2, 0.25) is 0 Å². The molecule has 0 spiro atoms. The van der Waals surface area contributed by atoms with E-state index in [2.05, 4.69) is 5.73 Å². The summed E-state index contributed by atoms with van der Waals surface area (Å²) in [5, 5.41) is 0.571. The van der Waals surface area contributed by atoms with Crippen LogP contribution >= 0.6 is 0 Å². The lowest BCUT2D eigenvalue weighted by Crippen LogP contribution is -2.38. The van der Waals surface area contributed by atoms with Crippen LogP contribution in [-0.4, -0.2) is 82.2 Å². The molecule has 240 valence electrons. The van der Waals surface area contributed by atoms with Crippen molar-refractivity contribution in [1.82, 2.24) is 14.9 Å². The molecule has 0 aromatic rings. The van der Waals surface area contributed by atoms with Crippen LogP contribution in [0.15, 0.2) is 24.3 Å². The van der Waals surface area contributed by atoms with Crippen molar-refractivity contribution < 1.29 is 43.2 Å². The number of Topliss-reactive ketones (excluding diaryl/α,β-unsaturated/α-hetero) is 1. The number of hydrogen-bond acceptors (Lipinski definition) is 10. The van der Waals surface area contributed by atoms with E-state index in [4.69, 9.17) is 4.84 Å². The normalized spacial score (nSPS) is 26.5. The lowest BCUT2D eigenvalue weighted by molar-refractivity contribution is -0.201. The number of carbonyl (C=O) groups is 8. The second kappa shape index (κ2) is 16.2. The Morgan fingerprint density at radius 2 is 1.02 bits per heavy atom. The van der Waals surface area contributed by atoms with E-state index in [1.54, 1.807) is 0 Å². The van der Waals surface area contributed by atoms with Gasteiger partial charge in [0.15, 0.2) is 0 Å². The molecular formula is C31H42N4O9. The van der Waals surface area contributed by atoms with E-state index >= 15 is 0 Å².